The number of anilines is 1. The quantitative estimate of drug-likeness (QED) is 0.736. The number of aromatic amines is 1. The van der Waals surface area contributed by atoms with Crippen LogP contribution in [0.2, 0.25) is 5.02 Å². The second kappa shape index (κ2) is 5.22. The monoisotopic (exact) mass is 301 g/mol. The molecule has 5 heteroatoms. The van der Waals surface area contributed by atoms with Crippen LogP contribution < -0.4 is 5.73 Å². The van der Waals surface area contributed by atoms with Crippen molar-refractivity contribution in [2.75, 3.05) is 5.73 Å². The Labute approximate surface area is 126 Å². The van der Waals surface area contributed by atoms with Crippen molar-refractivity contribution in [3.8, 4) is 22.4 Å². The van der Waals surface area contributed by atoms with Crippen molar-refractivity contribution >= 4 is 17.4 Å². The van der Waals surface area contributed by atoms with Gasteiger partial charge in [0.15, 0.2) is 5.82 Å². The fourth-order valence-corrected chi connectivity index (χ4v) is 2.41. The summed E-state index contributed by atoms with van der Waals surface area (Å²) in [5, 5.41) is 7.16. The largest absolute Gasteiger partial charge is 0.382 e. The molecule has 0 saturated heterocycles. The number of rotatable bonds is 2. The molecule has 3 rings (SSSR count). The molecule has 0 aliphatic heterocycles. The van der Waals surface area contributed by atoms with E-state index < -0.39 is 5.82 Å². The molecule has 0 saturated carbocycles. The number of nitrogen functional groups attached to an aromatic ring is 1. The molecule has 21 heavy (non-hydrogen) atoms. The van der Waals surface area contributed by atoms with Crippen molar-refractivity contribution in [2.45, 2.75) is 6.92 Å². The van der Waals surface area contributed by atoms with Gasteiger partial charge in [-0.15, -0.1) is 0 Å². The highest BCUT2D eigenvalue weighted by atomic mass is 35.5. The number of nitrogens with two attached hydrogens (primary N) is 1. The second-order valence-corrected chi connectivity index (χ2v) is 5.29. The van der Waals surface area contributed by atoms with Crippen LogP contribution in [0.4, 0.5) is 10.2 Å². The normalized spacial score (nSPS) is 10.8. The molecular weight excluding hydrogens is 289 g/mol. The second-order valence-electron chi connectivity index (χ2n) is 4.85. The minimum Gasteiger partial charge on any atom is -0.382 e. The average Bonchev–Trinajstić information content (AvgIpc) is 2.82. The van der Waals surface area contributed by atoms with Gasteiger partial charge in [-0.3, -0.25) is 5.10 Å². The number of halogens is 2. The van der Waals surface area contributed by atoms with Gasteiger partial charge >= 0.3 is 0 Å². The van der Waals surface area contributed by atoms with Gasteiger partial charge in [0.1, 0.15) is 5.82 Å². The number of nitrogens with one attached hydrogen (secondary N) is 1. The van der Waals surface area contributed by atoms with Crippen LogP contribution in [-0.4, -0.2) is 10.2 Å². The molecule has 0 spiro atoms. The number of benzene rings is 2. The first-order chi connectivity index (χ1) is 10.1. The minimum atomic E-state index is -0.417. The standard InChI is InChI=1S/C16H13ClFN3/c1-9-2-4-10(5-3-9)14-15(20-21-16(14)19)12-7-6-11(17)8-13(12)18/h2-8H,1H3,(H3,19,20,21). The lowest BCUT2D eigenvalue weighted by Crippen LogP contribution is -1.90. The molecule has 3 nitrogen and oxygen atoms in total. The van der Waals surface area contributed by atoms with Crippen molar-refractivity contribution in [3.05, 3.63) is 58.9 Å². The van der Waals surface area contributed by atoms with E-state index in [2.05, 4.69) is 10.2 Å². The summed E-state index contributed by atoms with van der Waals surface area (Å²) in [6, 6.07) is 12.3. The zero-order chi connectivity index (χ0) is 15.0. The molecule has 0 amide bonds. The van der Waals surface area contributed by atoms with E-state index >= 15 is 0 Å². The summed E-state index contributed by atoms with van der Waals surface area (Å²) in [6.45, 7) is 2.00. The van der Waals surface area contributed by atoms with Gasteiger partial charge in [0.2, 0.25) is 0 Å². The lowest BCUT2D eigenvalue weighted by Gasteiger charge is -2.06. The van der Waals surface area contributed by atoms with Gasteiger partial charge in [0, 0.05) is 10.6 Å². The Morgan fingerprint density at radius 1 is 1.14 bits per heavy atom. The molecule has 2 aromatic carbocycles. The van der Waals surface area contributed by atoms with E-state index in [-0.39, 0.29) is 0 Å². The molecule has 0 atom stereocenters. The number of H-pyrrole nitrogens is 1. The van der Waals surface area contributed by atoms with Crippen molar-refractivity contribution in [3.63, 3.8) is 0 Å². The zero-order valence-electron chi connectivity index (χ0n) is 11.3. The highest BCUT2D eigenvalue weighted by molar-refractivity contribution is 6.30. The minimum absolute atomic E-state index is 0.336. The Kier molecular flexibility index (Phi) is 3.39. The van der Waals surface area contributed by atoms with Gasteiger partial charge in [-0.05, 0) is 30.7 Å². The summed E-state index contributed by atoms with van der Waals surface area (Å²) >= 11 is 5.79. The van der Waals surface area contributed by atoms with Crippen LogP contribution in [0.25, 0.3) is 22.4 Å². The van der Waals surface area contributed by atoms with E-state index in [1.54, 1.807) is 12.1 Å². The lowest BCUT2D eigenvalue weighted by molar-refractivity contribution is 0.631. The Hall–Kier alpha value is -2.33. The number of aromatic nitrogens is 2. The molecule has 106 valence electrons. The van der Waals surface area contributed by atoms with E-state index in [1.807, 2.05) is 31.2 Å². The predicted octanol–water partition coefficient (Wildman–Crippen LogP) is 4.43. The van der Waals surface area contributed by atoms with Crippen LogP contribution in [-0.2, 0) is 0 Å². The Balaban J connectivity index is 2.19. The summed E-state index contributed by atoms with van der Waals surface area (Å²) in [4.78, 5) is 0. The van der Waals surface area contributed by atoms with Crippen LogP contribution in [0.5, 0.6) is 0 Å². The number of hydrogen-bond donors (Lipinski definition) is 2. The molecule has 1 heterocycles. The molecule has 0 fully saturated rings. The first-order valence-electron chi connectivity index (χ1n) is 6.42. The molecule has 1 aromatic heterocycles. The van der Waals surface area contributed by atoms with E-state index in [0.717, 1.165) is 11.1 Å². The topological polar surface area (TPSA) is 54.7 Å². The Bertz CT molecular complexity index is 794. The van der Waals surface area contributed by atoms with Gasteiger partial charge in [-0.1, -0.05) is 41.4 Å². The van der Waals surface area contributed by atoms with Crippen molar-refractivity contribution in [1.82, 2.24) is 10.2 Å². The molecule has 0 aliphatic carbocycles. The van der Waals surface area contributed by atoms with Crippen LogP contribution in [0, 0.1) is 12.7 Å². The number of hydrogen-bond acceptors (Lipinski definition) is 2. The zero-order valence-corrected chi connectivity index (χ0v) is 12.1. The third-order valence-corrected chi connectivity index (χ3v) is 3.57. The van der Waals surface area contributed by atoms with Crippen molar-refractivity contribution in [1.29, 1.82) is 0 Å². The van der Waals surface area contributed by atoms with Crippen molar-refractivity contribution < 1.29 is 4.39 Å². The van der Waals surface area contributed by atoms with E-state index in [1.165, 1.54) is 6.07 Å². The summed E-state index contributed by atoms with van der Waals surface area (Å²) in [6.07, 6.45) is 0. The van der Waals surface area contributed by atoms with Crippen LogP contribution >= 0.6 is 11.6 Å². The summed E-state index contributed by atoms with van der Waals surface area (Å²) in [5.41, 5.74) is 9.59. The highest BCUT2D eigenvalue weighted by Crippen LogP contribution is 2.36. The molecular formula is C16H13ClFN3. The lowest BCUT2D eigenvalue weighted by atomic mass is 10.00. The first-order valence-corrected chi connectivity index (χ1v) is 6.80. The van der Waals surface area contributed by atoms with Gasteiger partial charge in [0.25, 0.3) is 0 Å². The van der Waals surface area contributed by atoms with Gasteiger partial charge in [-0.2, -0.15) is 5.10 Å². The van der Waals surface area contributed by atoms with Gasteiger partial charge in [0.05, 0.1) is 11.3 Å². The SMILES string of the molecule is Cc1ccc(-c2c(N)n[nH]c2-c2ccc(Cl)cc2F)cc1. The maximum absolute atomic E-state index is 14.1. The molecule has 0 aliphatic rings. The highest BCUT2D eigenvalue weighted by Gasteiger charge is 2.17. The molecule has 0 radical (unpaired) electrons. The van der Waals surface area contributed by atoms with E-state index in [4.69, 9.17) is 17.3 Å². The molecule has 0 bridgehead atoms. The fourth-order valence-electron chi connectivity index (χ4n) is 2.26. The number of nitrogens with zero attached hydrogens (tertiary/aromatic N) is 1. The van der Waals surface area contributed by atoms with Crippen LogP contribution in [0.15, 0.2) is 42.5 Å². The van der Waals surface area contributed by atoms with Crippen LogP contribution in [0.1, 0.15) is 5.56 Å². The van der Waals surface area contributed by atoms with Gasteiger partial charge in [-0.25, -0.2) is 4.39 Å². The Morgan fingerprint density at radius 3 is 2.52 bits per heavy atom. The van der Waals surface area contributed by atoms with Crippen molar-refractivity contribution in [2.24, 2.45) is 0 Å². The third-order valence-electron chi connectivity index (χ3n) is 3.34. The third kappa shape index (κ3) is 2.50. The maximum atomic E-state index is 14.1. The Morgan fingerprint density at radius 2 is 1.86 bits per heavy atom. The van der Waals surface area contributed by atoms with Gasteiger partial charge < -0.3 is 5.73 Å². The maximum Gasteiger partial charge on any atom is 0.153 e. The fraction of sp³-hybridized carbons (Fsp3) is 0.0625. The predicted molar refractivity (Wildman–Crippen MR) is 83.6 cm³/mol. The summed E-state index contributed by atoms with van der Waals surface area (Å²) < 4.78 is 14.1. The summed E-state index contributed by atoms with van der Waals surface area (Å²) in [7, 11) is 0. The molecule has 0 unspecified atom stereocenters. The smallest absolute Gasteiger partial charge is 0.153 e. The summed E-state index contributed by atoms with van der Waals surface area (Å²) in [5.74, 6) is -0.0808. The first kappa shape index (κ1) is 13.6. The van der Waals surface area contributed by atoms with E-state index in [9.17, 15) is 4.39 Å². The number of aryl methyl sites for hydroxylation is 1. The van der Waals surface area contributed by atoms with E-state index in [0.29, 0.717) is 27.7 Å². The van der Waals surface area contributed by atoms with Crippen LogP contribution in [0.3, 0.4) is 0 Å². The average molecular weight is 302 g/mol. The molecule has 3 N–H and O–H groups in total. The molecule has 3 aromatic rings.